The molecule has 2 heterocycles. The molecule has 0 aliphatic carbocycles. The highest BCUT2D eigenvalue weighted by Crippen LogP contribution is 2.32. The van der Waals surface area contributed by atoms with Crippen LogP contribution in [0.2, 0.25) is 0 Å². The number of carboxylic acids is 1. The van der Waals surface area contributed by atoms with E-state index >= 15 is 0 Å². The second kappa shape index (κ2) is 3.12. The van der Waals surface area contributed by atoms with E-state index in [0.29, 0.717) is 0 Å². The first-order chi connectivity index (χ1) is 6.20. The number of nitrogens with zero attached hydrogens (tertiary/aromatic N) is 1. The van der Waals surface area contributed by atoms with Crippen LogP contribution in [0, 0.1) is 0 Å². The molecule has 0 radical (unpaired) electrons. The smallest absolute Gasteiger partial charge is 0.326 e. The number of carbonyl (C=O) groups is 1. The summed E-state index contributed by atoms with van der Waals surface area (Å²) in [5.41, 5.74) is 1.20. The number of rotatable bonds is 1. The third-order valence-corrected chi connectivity index (χ3v) is 3.45. The predicted molar refractivity (Wildman–Crippen MR) is 51.0 cm³/mol. The van der Waals surface area contributed by atoms with Crippen molar-refractivity contribution < 1.29 is 9.90 Å². The molecular formula is C9H11NO2S. The molecule has 0 spiro atoms. The second-order valence-corrected chi connectivity index (χ2v) is 4.23. The van der Waals surface area contributed by atoms with Gasteiger partial charge in [0.1, 0.15) is 6.04 Å². The molecule has 1 atom stereocenters. The van der Waals surface area contributed by atoms with Gasteiger partial charge in [-0.1, -0.05) is 0 Å². The molecule has 70 valence electrons. The van der Waals surface area contributed by atoms with Crippen molar-refractivity contribution in [3.05, 3.63) is 21.9 Å². The summed E-state index contributed by atoms with van der Waals surface area (Å²) in [6, 6.07) is 1.60. The summed E-state index contributed by atoms with van der Waals surface area (Å²) in [6.45, 7) is 0.834. The van der Waals surface area contributed by atoms with E-state index in [2.05, 4.69) is 0 Å². The van der Waals surface area contributed by atoms with Crippen molar-refractivity contribution in [2.75, 3.05) is 13.6 Å². The van der Waals surface area contributed by atoms with Gasteiger partial charge in [0.2, 0.25) is 0 Å². The average Bonchev–Trinajstić information content (AvgIpc) is 2.50. The van der Waals surface area contributed by atoms with E-state index in [1.54, 1.807) is 11.3 Å². The molecular weight excluding hydrogens is 186 g/mol. The van der Waals surface area contributed by atoms with Crippen LogP contribution >= 0.6 is 11.3 Å². The van der Waals surface area contributed by atoms with Crippen molar-refractivity contribution in [2.45, 2.75) is 12.5 Å². The van der Waals surface area contributed by atoms with Crippen LogP contribution in [0.1, 0.15) is 16.5 Å². The van der Waals surface area contributed by atoms with E-state index in [0.717, 1.165) is 17.8 Å². The molecule has 0 bridgehead atoms. The summed E-state index contributed by atoms with van der Waals surface area (Å²) >= 11 is 1.54. The van der Waals surface area contributed by atoms with E-state index in [1.165, 1.54) is 5.56 Å². The van der Waals surface area contributed by atoms with Crippen LogP contribution in [0.15, 0.2) is 11.4 Å². The summed E-state index contributed by atoms with van der Waals surface area (Å²) in [6.07, 6.45) is 0.971. The SMILES string of the molecule is CN1CCc2ccsc2[C@H]1C(=O)O. The van der Waals surface area contributed by atoms with Gasteiger partial charge in [0.15, 0.2) is 0 Å². The van der Waals surface area contributed by atoms with Crippen LogP contribution < -0.4 is 0 Å². The maximum atomic E-state index is 11.0. The number of hydrogen-bond donors (Lipinski definition) is 1. The lowest BCUT2D eigenvalue weighted by molar-refractivity contribution is -0.143. The first-order valence-corrected chi connectivity index (χ1v) is 5.07. The average molecular weight is 197 g/mol. The lowest BCUT2D eigenvalue weighted by Crippen LogP contribution is -2.35. The van der Waals surface area contributed by atoms with Gasteiger partial charge in [0.05, 0.1) is 0 Å². The van der Waals surface area contributed by atoms with Gasteiger partial charge in [-0.15, -0.1) is 11.3 Å². The van der Waals surface area contributed by atoms with E-state index in [4.69, 9.17) is 5.11 Å². The van der Waals surface area contributed by atoms with Crippen LogP contribution in [-0.4, -0.2) is 29.6 Å². The molecule has 0 amide bonds. The predicted octanol–water partition coefficient (Wildman–Crippen LogP) is 1.36. The van der Waals surface area contributed by atoms with Crippen molar-refractivity contribution >= 4 is 17.3 Å². The van der Waals surface area contributed by atoms with Gasteiger partial charge in [0, 0.05) is 11.4 Å². The van der Waals surface area contributed by atoms with Gasteiger partial charge < -0.3 is 5.11 Å². The third kappa shape index (κ3) is 1.36. The minimum atomic E-state index is -0.745. The zero-order chi connectivity index (χ0) is 9.42. The fraction of sp³-hybridized carbons (Fsp3) is 0.444. The minimum Gasteiger partial charge on any atom is -0.480 e. The molecule has 2 rings (SSSR count). The zero-order valence-electron chi connectivity index (χ0n) is 7.36. The Hall–Kier alpha value is -0.870. The quantitative estimate of drug-likeness (QED) is 0.739. The molecule has 1 aliphatic heterocycles. The highest BCUT2D eigenvalue weighted by atomic mass is 32.1. The Morgan fingerprint density at radius 3 is 3.23 bits per heavy atom. The van der Waals surface area contributed by atoms with Gasteiger partial charge in [-0.05, 0) is 30.5 Å². The number of hydrogen-bond acceptors (Lipinski definition) is 3. The monoisotopic (exact) mass is 197 g/mol. The fourth-order valence-corrected chi connectivity index (χ4v) is 2.83. The second-order valence-electron chi connectivity index (χ2n) is 3.28. The highest BCUT2D eigenvalue weighted by Gasteiger charge is 2.31. The molecule has 1 aromatic heterocycles. The van der Waals surface area contributed by atoms with Crippen LogP contribution in [0.5, 0.6) is 0 Å². The Bertz CT molecular complexity index is 334. The van der Waals surface area contributed by atoms with Gasteiger partial charge in [0.25, 0.3) is 0 Å². The van der Waals surface area contributed by atoms with Gasteiger partial charge in [-0.2, -0.15) is 0 Å². The van der Waals surface area contributed by atoms with E-state index in [-0.39, 0.29) is 0 Å². The molecule has 1 N–H and O–H groups in total. The number of aliphatic carboxylic acids is 1. The molecule has 0 fully saturated rings. The maximum Gasteiger partial charge on any atom is 0.326 e. The number of likely N-dealkylation sites (N-methyl/N-ethyl adjacent to an activating group) is 1. The molecule has 0 saturated carbocycles. The first-order valence-electron chi connectivity index (χ1n) is 4.19. The fourth-order valence-electron chi connectivity index (χ4n) is 1.72. The highest BCUT2D eigenvalue weighted by molar-refractivity contribution is 7.10. The molecule has 4 heteroatoms. The van der Waals surface area contributed by atoms with Crippen molar-refractivity contribution in [3.63, 3.8) is 0 Å². The largest absolute Gasteiger partial charge is 0.480 e. The van der Waals surface area contributed by atoms with Crippen molar-refractivity contribution in [1.82, 2.24) is 4.90 Å². The molecule has 3 nitrogen and oxygen atoms in total. The summed E-state index contributed by atoms with van der Waals surface area (Å²) < 4.78 is 0. The number of carboxylic acid groups (broad SMARTS) is 1. The molecule has 0 unspecified atom stereocenters. The standard InChI is InChI=1S/C9H11NO2S/c1-10-4-2-6-3-5-13-8(6)7(10)9(11)12/h3,5,7H,2,4H2,1H3,(H,11,12)/t7-/m0/s1. The number of fused-ring (bicyclic) bond motifs is 1. The zero-order valence-corrected chi connectivity index (χ0v) is 8.17. The Kier molecular flexibility index (Phi) is 2.09. The summed E-state index contributed by atoms with van der Waals surface area (Å²) in [4.78, 5) is 13.9. The van der Waals surface area contributed by atoms with Crippen molar-refractivity contribution in [2.24, 2.45) is 0 Å². The van der Waals surface area contributed by atoms with Crippen LogP contribution in [-0.2, 0) is 11.2 Å². The Morgan fingerprint density at radius 2 is 2.54 bits per heavy atom. The summed E-state index contributed by atoms with van der Waals surface area (Å²) in [5.74, 6) is -0.745. The lowest BCUT2D eigenvalue weighted by atomic mass is 10.0. The van der Waals surface area contributed by atoms with Crippen LogP contribution in [0.25, 0.3) is 0 Å². The van der Waals surface area contributed by atoms with Crippen LogP contribution in [0.4, 0.5) is 0 Å². The van der Waals surface area contributed by atoms with Crippen molar-refractivity contribution in [1.29, 1.82) is 0 Å². The van der Waals surface area contributed by atoms with E-state index in [1.807, 2.05) is 23.4 Å². The Balaban J connectivity index is 2.41. The summed E-state index contributed by atoms with van der Waals surface area (Å²) in [5, 5.41) is 11.0. The normalized spacial score (nSPS) is 22.7. The Labute approximate surface area is 80.6 Å². The maximum absolute atomic E-state index is 11.0. The van der Waals surface area contributed by atoms with Gasteiger partial charge in [-0.25, -0.2) is 0 Å². The Morgan fingerprint density at radius 1 is 1.77 bits per heavy atom. The molecule has 13 heavy (non-hydrogen) atoms. The molecule has 1 aliphatic rings. The van der Waals surface area contributed by atoms with Gasteiger partial charge >= 0.3 is 5.97 Å². The minimum absolute atomic E-state index is 0.427. The number of thiophene rings is 1. The van der Waals surface area contributed by atoms with E-state index in [9.17, 15) is 4.79 Å². The lowest BCUT2D eigenvalue weighted by Gasteiger charge is -2.29. The van der Waals surface area contributed by atoms with E-state index < -0.39 is 12.0 Å². The summed E-state index contributed by atoms with van der Waals surface area (Å²) in [7, 11) is 1.86. The molecule has 0 aromatic carbocycles. The first kappa shape index (κ1) is 8.72. The topological polar surface area (TPSA) is 40.5 Å². The van der Waals surface area contributed by atoms with Crippen molar-refractivity contribution in [3.8, 4) is 0 Å². The third-order valence-electron chi connectivity index (χ3n) is 2.44. The van der Waals surface area contributed by atoms with Crippen LogP contribution in [0.3, 0.4) is 0 Å². The molecule has 0 saturated heterocycles. The van der Waals surface area contributed by atoms with Gasteiger partial charge in [-0.3, -0.25) is 9.69 Å². The molecule has 1 aromatic rings.